The van der Waals surface area contributed by atoms with Gasteiger partial charge in [-0.2, -0.15) is 13.8 Å². The molecular formula is C21H16BrFN6O4S. The number of halogens is 2. The van der Waals surface area contributed by atoms with Gasteiger partial charge in [0.2, 0.25) is 11.5 Å². The molecule has 0 aliphatic rings. The predicted octanol–water partition coefficient (Wildman–Crippen LogP) is 5.00. The number of ketones is 1. The van der Waals surface area contributed by atoms with Crippen molar-refractivity contribution in [3.05, 3.63) is 80.1 Å². The monoisotopic (exact) mass is 546 g/mol. The summed E-state index contributed by atoms with van der Waals surface area (Å²) in [5.41, 5.74) is 1.45. The van der Waals surface area contributed by atoms with Crippen LogP contribution in [0.15, 0.2) is 47.3 Å². The third-order valence-corrected chi connectivity index (χ3v) is 5.87. The first kappa shape index (κ1) is 23.6. The summed E-state index contributed by atoms with van der Waals surface area (Å²) < 4.78 is 30.6. The normalized spacial score (nSPS) is 11.9. The Morgan fingerprint density at radius 1 is 1.32 bits per heavy atom. The lowest BCUT2D eigenvalue weighted by Crippen LogP contribution is -2.09. The maximum atomic E-state index is 14.2. The van der Waals surface area contributed by atoms with E-state index in [0.29, 0.717) is 27.7 Å². The van der Waals surface area contributed by atoms with E-state index >= 15 is 0 Å². The summed E-state index contributed by atoms with van der Waals surface area (Å²) in [7, 11) is 0. The van der Waals surface area contributed by atoms with Crippen LogP contribution in [0.4, 0.5) is 10.2 Å². The standard InChI is InChI=1S/C21H16BrFN6O4S/c1-3-28-10-12(8-25-28)20(30)19-18(26-34-27-19)15-5-4-14(23)7-16(15)11(2)33-17-6-13(22)9-24-21(17)29(31)32/h4-11H,3H2,1-2H3/t11-/m1/s1. The summed E-state index contributed by atoms with van der Waals surface area (Å²) in [5.74, 6) is -1.50. The first-order chi connectivity index (χ1) is 16.3. The topological polar surface area (TPSA) is 126 Å². The molecule has 0 spiro atoms. The molecule has 10 nitrogen and oxygen atoms in total. The number of nitrogens with zero attached hydrogens (tertiary/aromatic N) is 6. The lowest BCUT2D eigenvalue weighted by Gasteiger charge is -2.18. The smallest absolute Gasteiger partial charge is 0.406 e. The second kappa shape index (κ2) is 9.73. The first-order valence-electron chi connectivity index (χ1n) is 9.94. The first-order valence-corrected chi connectivity index (χ1v) is 11.5. The van der Waals surface area contributed by atoms with Crippen molar-refractivity contribution in [2.24, 2.45) is 0 Å². The van der Waals surface area contributed by atoms with E-state index in [1.54, 1.807) is 17.8 Å². The van der Waals surface area contributed by atoms with Crippen molar-refractivity contribution >= 4 is 39.3 Å². The number of ether oxygens (including phenoxy) is 1. The Morgan fingerprint density at radius 2 is 2.12 bits per heavy atom. The number of hydrogen-bond donors (Lipinski definition) is 0. The summed E-state index contributed by atoms with van der Waals surface area (Å²) in [5, 5.41) is 15.5. The maximum Gasteiger partial charge on any atom is 0.406 e. The van der Waals surface area contributed by atoms with Crippen molar-refractivity contribution in [1.29, 1.82) is 0 Å². The third-order valence-electron chi connectivity index (χ3n) is 4.91. The fraction of sp³-hybridized carbons (Fsp3) is 0.190. The van der Waals surface area contributed by atoms with E-state index in [4.69, 9.17) is 4.74 Å². The maximum absolute atomic E-state index is 14.2. The minimum Gasteiger partial charge on any atom is -0.478 e. The Bertz CT molecular complexity index is 1390. The molecule has 174 valence electrons. The molecule has 34 heavy (non-hydrogen) atoms. The van der Waals surface area contributed by atoms with Gasteiger partial charge in [0.05, 0.1) is 28.0 Å². The molecule has 0 bridgehead atoms. The van der Waals surface area contributed by atoms with Crippen molar-refractivity contribution in [3.8, 4) is 17.0 Å². The van der Waals surface area contributed by atoms with Gasteiger partial charge in [0, 0.05) is 29.9 Å². The third kappa shape index (κ3) is 4.70. The molecule has 0 fully saturated rings. The Labute approximate surface area is 205 Å². The molecule has 1 atom stereocenters. The van der Waals surface area contributed by atoms with Crippen molar-refractivity contribution < 1.29 is 18.8 Å². The predicted molar refractivity (Wildman–Crippen MR) is 124 cm³/mol. The van der Waals surface area contributed by atoms with Crippen LogP contribution in [0.3, 0.4) is 0 Å². The van der Waals surface area contributed by atoms with Crippen LogP contribution in [0, 0.1) is 15.9 Å². The molecule has 0 radical (unpaired) electrons. The fourth-order valence-electron chi connectivity index (χ4n) is 3.28. The minimum atomic E-state index is -0.854. The van der Waals surface area contributed by atoms with Gasteiger partial charge in [-0.05, 0) is 57.9 Å². The fourth-order valence-corrected chi connectivity index (χ4v) is 4.15. The van der Waals surface area contributed by atoms with Gasteiger partial charge in [0.15, 0.2) is 11.9 Å². The second-order valence-electron chi connectivity index (χ2n) is 7.10. The van der Waals surface area contributed by atoms with E-state index < -0.39 is 22.7 Å². The number of carbonyl (C=O) groups is 1. The van der Waals surface area contributed by atoms with Crippen LogP contribution < -0.4 is 4.74 Å². The van der Waals surface area contributed by atoms with Crippen molar-refractivity contribution in [2.45, 2.75) is 26.5 Å². The van der Waals surface area contributed by atoms with Crippen LogP contribution in [0.1, 0.15) is 41.6 Å². The highest BCUT2D eigenvalue weighted by atomic mass is 79.9. The zero-order chi connectivity index (χ0) is 24.4. The van der Waals surface area contributed by atoms with E-state index in [-0.39, 0.29) is 22.9 Å². The van der Waals surface area contributed by atoms with E-state index in [0.717, 1.165) is 11.7 Å². The van der Waals surface area contributed by atoms with Crippen LogP contribution >= 0.6 is 27.7 Å². The zero-order valence-corrected chi connectivity index (χ0v) is 20.2. The minimum absolute atomic E-state index is 0.0933. The Kier molecular flexibility index (Phi) is 6.75. The van der Waals surface area contributed by atoms with Gasteiger partial charge >= 0.3 is 5.82 Å². The average molecular weight is 547 g/mol. The summed E-state index contributed by atoms with van der Waals surface area (Å²) in [6.07, 6.45) is 3.49. The number of aryl methyl sites for hydroxylation is 1. The molecule has 0 aliphatic carbocycles. The summed E-state index contributed by atoms with van der Waals surface area (Å²) in [4.78, 5) is 27.6. The van der Waals surface area contributed by atoms with E-state index in [1.807, 2.05) is 6.92 Å². The molecule has 0 aliphatic heterocycles. The largest absolute Gasteiger partial charge is 0.478 e. The van der Waals surface area contributed by atoms with Gasteiger partial charge in [-0.25, -0.2) is 4.39 Å². The molecule has 3 aromatic heterocycles. The number of carbonyl (C=O) groups excluding carboxylic acids is 1. The van der Waals surface area contributed by atoms with Gasteiger partial charge in [-0.1, -0.05) is 0 Å². The number of nitro groups is 1. The van der Waals surface area contributed by atoms with E-state index in [9.17, 15) is 19.3 Å². The van der Waals surface area contributed by atoms with Crippen LogP contribution in [-0.2, 0) is 6.54 Å². The summed E-state index contributed by atoms with van der Waals surface area (Å²) >= 11 is 4.06. The highest BCUT2D eigenvalue weighted by Crippen LogP contribution is 2.36. The Hall–Kier alpha value is -3.58. The highest BCUT2D eigenvalue weighted by Gasteiger charge is 2.26. The van der Waals surface area contributed by atoms with Crippen LogP contribution in [0.5, 0.6) is 5.75 Å². The number of rotatable bonds is 8. The molecule has 0 amide bonds. The Balaban J connectivity index is 1.74. The number of aromatic nitrogens is 5. The molecule has 0 saturated heterocycles. The van der Waals surface area contributed by atoms with E-state index in [2.05, 4.69) is 34.8 Å². The molecule has 4 aromatic rings. The number of hydrogen-bond acceptors (Lipinski definition) is 9. The van der Waals surface area contributed by atoms with Crippen molar-refractivity contribution in [1.82, 2.24) is 23.5 Å². The molecule has 1 aromatic carbocycles. The zero-order valence-electron chi connectivity index (χ0n) is 17.8. The average Bonchev–Trinajstić information content (AvgIpc) is 3.48. The molecule has 0 saturated carbocycles. The molecular weight excluding hydrogens is 531 g/mol. The van der Waals surface area contributed by atoms with Gasteiger partial charge in [-0.3, -0.25) is 9.48 Å². The van der Waals surface area contributed by atoms with Crippen LogP contribution in [-0.4, -0.2) is 34.2 Å². The van der Waals surface area contributed by atoms with Gasteiger partial charge in [0.1, 0.15) is 17.6 Å². The molecule has 0 unspecified atom stereocenters. The number of benzene rings is 1. The summed E-state index contributed by atoms with van der Waals surface area (Å²) in [6, 6.07) is 5.35. The lowest BCUT2D eigenvalue weighted by molar-refractivity contribution is -0.390. The Morgan fingerprint density at radius 3 is 2.82 bits per heavy atom. The summed E-state index contributed by atoms with van der Waals surface area (Å²) in [6.45, 7) is 4.10. The quantitative estimate of drug-likeness (QED) is 0.172. The van der Waals surface area contributed by atoms with Gasteiger partial charge < -0.3 is 14.9 Å². The van der Waals surface area contributed by atoms with Crippen LogP contribution in [0.25, 0.3) is 11.3 Å². The molecule has 4 rings (SSSR count). The SMILES string of the molecule is CCn1cc(C(=O)c2nsnc2-c2ccc(F)cc2[C@@H](C)Oc2cc(Br)cnc2[N+](=O)[O-])cn1. The number of pyridine rings is 1. The second-order valence-corrected chi connectivity index (χ2v) is 8.54. The van der Waals surface area contributed by atoms with Crippen molar-refractivity contribution in [2.75, 3.05) is 0 Å². The van der Waals surface area contributed by atoms with Crippen LogP contribution in [0.2, 0.25) is 0 Å². The van der Waals surface area contributed by atoms with Gasteiger partial charge in [0.25, 0.3) is 0 Å². The molecule has 3 heterocycles. The van der Waals surface area contributed by atoms with Gasteiger partial charge in [-0.15, -0.1) is 0 Å². The van der Waals surface area contributed by atoms with E-state index in [1.165, 1.54) is 36.7 Å². The van der Waals surface area contributed by atoms with Crippen molar-refractivity contribution in [3.63, 3.8) is 0 Å². The lowest BCUT2D eigenvalue weighted by atomic mass is 9.97. The molecule has 13 heteroatoms. The molecule has 0 N–H and O–H groups in total. The highest BCUT2D eigenvalue weighted by molar-refractivity contribution is 9.10.